The summed E-state index contributed by atoms with van der Waals surface area (Å²) in [5.74, 6) is -2.37. The molecule has 1 aliphatic rings. The molecule has 0 aliphatic heterocycles. The molecule has 1 saturated carbocycles. The maximum atomic E-state index is 13.3. The number of benzene rings is 3. The molecule has 3 aromatic rings. The van der Waals surface area contributed by atoms with Crippen molar-refractivity contribution in [3.8, 4) is 17.2 Å². The summed E-state index contributed by atoms with van der Waals surface area (Å²) in [6.07, 6.45) is 1.56. The zero-order valence-electron chi connectivity index (χ0n) is 18.8. The van der Waals surface area contributed by atoms with Crippen molar-refractivity contribution in [2.45, 2.75) is 24.9 Å². The van der Waals surface area contributed by atoms with Gasteiger partial charge in [0.15, 0.2) is 0 Å². The fourth-order valence-electron chi connectivity index (χ4n) is 3.89. The summed E-state index contributed by atoms with van der Waals surface area (Å²) in [6, 6.07) is 22.7. The maximum Gasteiger partial charge on any atom is 0.310 e. The summed E-state index contributed by atoms with van der Waals surface area (Å²) in [6.45, 7) is -0.287. The Kier molecular flexibility index (Phi) is 6.88. The number of carbonyl (C=O) groups is 3. The molecule has 0 radical (unpaired) electrons. The molecule has 3 aromatic carbocycles. The first-order valence-corrected chi connectivity index (χ1v) is 11.1. The Morgan fingerprint density at radius 2 is 1.60 bits per heavy atom. The van der Waals surface area contributed by atoms with Crippen molar-refractivity contribution >= 4 is 17.7 Å². The SMILES string of the molecule is N#CCNC(=O)C(=O)NCc1ccccc1C(=O)NC1(c2cccc(-c3ccc(F)cc3)c2)CC1. The van der Waals surface area contributed by atoms with Crippen LogP contribution < -0.4 is 16.0 Å². The van der Waals surface area contributed by atoms with Crippen LogP contribution in [0.15, 0.2) is 72.8 Å². The molecule has 0 spiro atoms. The topological polar surface area (TPSA) is 111 Å². The standard InChI is InChI=1S/C27H23FN4O3/c28-22-10-8-18(9-11-22)19-5-3-6-21(16-19)27(12-13-27)32-24(33)23-7-2-1-4-20(23)17-31-26(35)25(34)30-15-14-29/h1-11,16H,12-13,15,17H2,(H,30,34)(H,31,35)(H,32,33). The number of nitrogens with one attached hydrogen (secondary N) is 3. The summed E-state index contributed by atoms with van der Waals surface area (Å²) in [7, 11) is 0. The third kappa shape index (κ3) is 5.53. The number of amides is 3. The molecule has 0 atom stereocenters. The van der Waals surface area contributed by atoms with Gasteiger partial charge in [-0.1, -0.05) is 48.5 Å². The van der Waals surface area contributed by atoms with Crippen LogP contribution in [-0.2, 0) is 21.7 Å². The molecule has 0 heterocycles. The summed E-state index contributed by atoms with van der Waals surface area (Å²) in [5.41, 5.74) is 3.23. The Bertz CT molecular complexity index is 1310. The van der Waals surface area contributed by atoms with Crippen LogP contribution in [0, 0.1) is 17.1 Å². The van der Waals surface area contributed by atoms with E-state index in [1.807, 2.05) is 24.3 Å². The Hall–Kier alpha value is -4.51. The van der Waals surface area contributed by atoms with Crippen LogP contribution in [0.25, 0.3) is 11.1 Å². The molecule has 3 amide bonds. The molecule has 4 rings (SSSR count). The monoisotopic (exact) mass is 470 g/mol. The van der Waals surface area contributed by atoms with Crippen molar-refractivity contribution in [2.75, 3.05) is 6.54 Å². The van der Waals surface area contributed by atoms with Crippen LogP contribution in [-0.4, -0.2) is 24.3 Å². The lowest BCUT2D eigenvalue weighted by atomic mass is 9.97. The second-order valence-corrected chi connectivity index (χ2v) is 8.30. The van der Waals surface area contributed by atoms with Crippen LogP contribution in [0.3, 0.4) is 0 Å². The number of nitrogens with zero attached hydrogens (tertiary/aromatic N) is 1. The molecule has 0 aromatic heterocycles. The van der Waals surface area contributed by atoms with Crippen molar-refractivity contribution in [3.63, 3.8) is 0 Å². The predicted molar refractivity (Wildman–Crippen MR) is 127 cm³/mol. The van der Waals surface area contributed by atoms with Gasteiger partial charge in [-0.05, 0) is 59.4 Å². The fraction of sp³-hybridized carbons (Fsp3) is 0.185. The second kappa shape index (κ2) is 10.2. The minimum atomic E-state index is -0.911. The number of nitriles is 1. The van der Waals surface area contributed by atoms with Gasteiger partial charge >= 0.3 is 11.8 Å². The summed E-state index contributed by atoms with van der Waals surface area (Å²) >= 11 is 0. The van der Waals surface area contributed by atoms with Gasteiger partial charge in [0, 0.05) is 12.1 Å². The maximum absolute atomic E-state index is 13.3. The van der Waals surface area contributed by atoms with E-state index in [4.69, 9.17) is 5.26 Å². The molecule has 0 unspecified atom stereocenters. The number of carbonyl (C=O) groups excluding carboxylic acids is 3. The van der Waals surface area contributed by atoms with Gasteiger partial charge in [-0.3, -0.25) is 14.4 Å². The molecular formula is C27H23FN4O3. The second-order valence-electron chi connectivity index (χ2n) is 8.30. The first-order valence-electron chi connectivity index (χ1n) is 11.1. The lowest BCUT2D eigenvalue weighted by Gasteiger charge is -2.20. The van der Waals surface area contributed by atoms with E-state index in [1.165, 1.54) is 12.1 Å². The molecule has 1 aliphatic carbocycles. The molecule has 176 valence electrons. The van der Waals surface area contributed by atoms with Crippen molar-refractivity contribution in [2.24, 2.45) is 0 Å². The molecule has 35 heavy (non-hydrogen) atoms. The largest absolute Gasteiger partial charge is 0.344 e. The van der Waals surface area contributed by atoms with Crippen LogP contribution in [0.2, 0.25) is 0 Å². The average molecular weight is 471 g/mol. The van der Waals surface area contributed by atoms with E-state index < -0.39 is 17.4 Å². The van der Waals surface area contributed by atoms with Crippen molar-refractivity contribution in [1.29, 1.82) is 5.26 Å². The van der Waals surface area contributed by atoms with Crippen LogP contribution in [0.4, 0.5) is 4.39 Å². The molecule has 0 saturated heterocycles. The highest BCUT2D eigenvalue weighted by molar-refractivity contribution is 6.35. The highest BCUT2D eigenvalue weighted by atomic mass is 19.1. The minimum Gasteiger partial charge on any atom is -0.344 e. The van der Waals surface area contributed by atoms with Gasteiger partial charge in [0.1, 0.15) is 12.4 Å². The number of halogens is 1. The predicted octanol–water partition coefficient (Wildman–Crippen LogP) is 3.17. The summed E-state index contributed by atoms with van der Waals surface area (Å²) < 4.78 is 13.3. The quantitative estimate of drug-likeness (QED) is 0.364. The van der Waals surface area contributed by atoms with Gasteiger partial charge in [0.05, 0.1) is 11.6 Å². The van der Waals surface area contributed by atoms with Crippen LogP contribution in [0.1, 0.15) is 34.3 Å². The van der Waals surface area contributed by atoms with E-state index in [9.17, 15) is 18.8 Å². The van der Waals surface area contributed by atoms with E-state index in [-0.39, 0.29) is 24.8 Å². The number of hydrogen-bond acceptors (Lipinski definition) is 4. The van der Waals surface area contributed by atoms with Gasteiger partial charge < -0.3 is 16.0 Å². The van der Waals surface area contributed by atoms with Gasteiger partial charge in [-0.15, -0.1) is 0 Å². The molecule has 0 bridgehead atoms. The van der Waals surface area contributed by atoms with Gasteiger partial charge in [0.25, 0.3) is 5.91 Å². The summed E-state index contributed by atoms with van der Waals surface area (Å²) in [5, 5.41) is 16.3. The van der Waals surface area contributed by atoms with Gasteiger partial charge in [-0.25, -0.2) is 4.39 Å². The number of hydrogen-bond donors (Lipinski definition) is 3. The van der Waals surface area contributed by atoms with Crippen molar-refractivity contribution in [3.05, 3.63) is 95.3 Å². The first-order chi connectivity index (χ1) is 16.9. The van der Waals surface area contributed by atoms with Crippen molar-refractivity contribution < 1.29 is 18.8 Å². The number of rotatable bonds is 7. The molecule has 7 nitrogen and oxygen atoms in total. The van der Waals surface area contributed by atoms with E-state index in [0.717, 1.165) is 29.5 Å². The van der Waals surface area contributed by atoms with Crippen LogP contribution >= 0.6 is 0 Å². The van der Waals surface area contributed by atoms with E-state index in [2.05, 4.69) is 16.0 Å². The van der Waals surface area contributed by atoms with Gasteiger partial charge in [0.2, 0.25) is 0 Å². The minimum absolute atomic E-state index is 0.0184. The van der Waals surface area contributed by atoms with Crippen LogP contribution in [0.5, 0.6) is 0 Å². The third-order valence-corrected chi connectivity index (χ3v) is 5.93. The fourth-order valence-corrected chi connectivity index (χ4v) is 3.89. The van der Waals surface area contributed by atoms with E-state index >= 15 is 0 Å². The molecule has 8 heteroatoms. The Labute approximate surface area is 202 Å². The Morgan fingerprint density at radius 3 is 2.31 bits per heavy atom. The lowest BCUT2D eigenvalue weighted by molar-refractivity contribution is -0.139. The average Bonchev–Trinajstić information content (AvgIpc) is 3.67. The normalized spacial score (nSPS) is 13.3. The lowest BCUT2D eigenvalue weighted by Crippen LogP contribution is -2.40. The Balaban J connectivity index is 1.47. The van der Waals surface area contributed by atoms with Gasteiger partial charge in [-0.2, -0.15) is 5.26 Å². The third-order valence-electron chi connectivity index (χ3n) is 5.93. The zero-order valence-corrected chi connectivity index (χ0v) is 18.8. The highest BCUT2D eigenvalue weighted by Crippen LogP contribution is 2.46. The Morgan fingerprint density at radius 1 is 0.886 bits per heavy atom. The molecule has 1 fully saturated rings. The molecular weight excluding hydrogens is 447 g/mol. The van der Waals surface area contributed by atoms with E-state index in [0.29, 0.717) is 11.1 Å². The smallest absolute Gasteiger partial charge is 0.310 e. The zero-order chi connectivity index (χ0) is 24.8. The van der Waals surface area contributed by atoms with Crippen molar-refractivity contribution in [1.82, 2.24) is 16.0 Å². The highest BCUT2D eigenvalue weighted by Gasteiger charge is 2.46. The van der Waals surface area contributed by atoms with E-state index in [1.54, 1.807) is 42.5 Å². The molecule has 3 N–H and O–H groups in total. The summed E-state index contributed by atoms with van der Waals surface area (Å²) in [4.78, 5) is 36.8. The first kappa shape index (κ1) is 23.6.